The van der Waals surface area contributed by atoms with Crippen molar-refractivity contribution >= 4 is 34.7 Å². The highest BCUT2D eigenvalue weighted by molar-refractivity contribution is 8.00. The third kappa shape index (κ3) is 2.52. The van der Waals surface area contributed by atoms with Crippen molar-refractivity contribution in [1.29, 1.82) is 0 Å². The van der Waals surface area contributed by atoms with E-state index in [2.05, 4.69) is 23.0 Å². The minimum atomic E-state index is 0.0759. The van der Waals surface area contributed by atoms with E-state index >= 15 is 0 Å². The number of nitrogens with two attached hydrogens (primary N) is 1. The van der Waals surface area contributed by atoms with Crippen LogP contribution < -0.4 is 16.4 Å². The monoisotopic (exact) mass is 277 g/mol. The number of aryl methyl sites for hydroxylation is 1. The second kappa shape index (κ2) is 4.63. The molecule has 2 aliphatic rings. The Morgan fingerprint density at radius 3 is 2.89 bits per heavy atom. The average Bonchev–Trinajstić information content (AvgIpc) is 3.17. The van der Waals surface area contributed by atoms with Gasteiger partial charge in [0.1, 0.15) is 0 Å². The van der Waals surface area contributed by atoms with Gasteiger partial charge < -0.3 is 16.4 Å². The summed E-state index contributed by atoms with van der Waals surface area (Å²) < 4.78 is 0.413. The van der Waals surface area contributed by atoms with Gasteiger partial charge in [-0.1, -0.05) is 0 Å². The van der Waals surface area contributed by atoms with Gasteiger partial charge in [0.05, 0.1) is 11.4 Å². The van der Waals surface area contributed by atoms with Crippen LogP contribution in [0.4, 0.5) is 17.1 Å². The fourth-order valence-corrected chi connectivity index (χ4v) is 3.17. The third-order valence-electron chi connectivity index (χ3n) is 4.01. The average molecular weight is 277 g/mol. The molecule has 1 saturated carbocycles. The number of anilines is 3. The molecule has 19 heavy (non-hydrogen) atoms. The summed E-state index contributed by atoms with van der Waals surface area (Å²) in [6, 6.07) is 3.95. The van der Waals surface area contributed by atoms with Gasteiger partial charge in [0, 0.05) is 23.4 Å². The molecule has 1 aromatic rings. The van der Waals surface area contributed by atoms with Crippen LogP contribution in [0.25, 0.3) is 0 Å². The Bertz CT molecular complexity index is 526. The number of carbonyl (C=O) groups excluding carboxylic acids is 1. The predicted molar refractivity (Wildman–Crippen MR) is 81.8 cm³/mol. The lowest BCUT2D eigenvalue weighted by atomic mass is 10.0. The molecule has 1 fully saturated rings. The second-order valence-corrected chi connectivity index (χ2v) is 6.66. The van der Waals surface area contributed by atoms with E-state index in [1.165, 1.54) is 18.4 Å². The largest absolute Gasteiger partial charge is 0.397 e. The van der Waals surface area contributed by atoms with E-state index in [4.69, 9.17) is 5.73 Å². The highest BCUT2D eigenvalue weighted by atomic mass is 32.2. The van der Waals surface area contributed by atoms with E-state index in [1.54, 1.807) is 0 Å². The Labute approximate surface area is 117 Å². The molecule has 0 aromatic heterocycles. The number of thioether (sulfide) groups is 1. The topological polar surface area (TPSA) is 67.2 Å². The van der Waals surface area contributed by atoms with Crippen molar-refractivity contribution in [1.82, 2.24) is 0 Å². The Morgan fingerprint density at radius 2 is 2.21 bits per heavy atom. The number of hydrogen-bond acceptors (Lipinski definition) is 4. The number of benzene rings is 1. The molecule has 0 radical (unpaired) electrons. The summed E-state index contributed by atoms with van der Waals surface area (Å²) in [5.74, 6) is 0.0759. The molecule has 5 heteroatoms. The first kappa shape index (κ1) is 12.7. The number of amides is 1. The number of hydrogen-bond donors (Lipinski definition) is 3. The molecule has 0 saturated heterocycles. The minimum Gasteiger partial charge on any atom is -0.397 e. The van der Waals surface area contributed by atoms with E-state index in [-0.39, 0.29) is 5.91 Å². The lowest BCUT2D eigenvalue weighted by Gasteiger charge is -2.21. The summed E-state index contributed by atoms with van der Waals surface area (Å²) in [7, 11) is 0. The summed E-state index contributed by atoms with van der Waals surface area (Å²) in [6.45, 7) is 0.962. The Morgan fingerprint density at radius 1 is 1.42 bits per heavy atom. The van der Waals surface area contributed by atoms with Crippen molar-refractivity contribution in [2.45, 2.75) is 30.4 Å². The minimum absolute atomic E-state index is 0.0759. The number of carbonyl (C=O) groups is 1. The third-order valence-corrected chi connectivity index (χ3v) is 5.43. The number of rotatable bonds is 4. The number of fused-ring (bicyclic) bond motifs is 1. The zero-order valence-corrected chi connectivity index (χ0v) is 11.9. The molecule has 1 aliphatic carbocycles. The van der Waals surface area contributed by atoms with Gasteiger partial charge in [-0.3, -0.25) is 4.79 Å². The van der Waals surface area contributed by atoms with Gasteiger partial charge in [-0.25, -0.2) is 0 Å². The number of nitrogen functional groups attached to an aromatic ring is 1. The van der Waals surface area contributed by atoms with Crippen LogP contribution in [0.3, 0.4) is 0 Å². The molecular formula is C14H19N3OS. The van der Waals surface area contributed by atoms with Gasteiger partial charge in [0.25, 0.3) is 0 Å². The van der Waals surface area contributed by atoms with Crippen LogP contribution in [-0.2, 0) is 11.2 Å². The molecule has 4 nitrogen and oxygen atoms in total. The van der Waals surface area contributed by atoms with Crippen LogP contribution in [0.1, 0.15) is 24.8 Å². The Balaban J connectivity index is 1.77. The van der Waals surface area contributed by atoms with Crippen LogP contribution in [0, 0.1) is 0 Å². The molecule has 0 atom stereocenters. The van der Waals surface area contributed by atoms with Crippen molar-refractivity contribution < 1.29 is 4.79 Å². The maximum absolute atomic E-state index is 11.4. The van der Waals surface area contributed by atoms with Gasteiger partial charge in [0.2, 0.25) is 5.91 Å². The lowest BCUT2D eigenvalue weighted by molar-refractivity contribution is -0.116. The SMILES string of the molecule is CSC1(CNc2cc3c(cc2N)NC(=O)CC3)CC1. The molecular weight excluding hydrogens is 258 g/mol. The molecule has 0 spiro atoms. The van der Waals surface area contributed by atoms with Crippen molar-refractivity contribution in [2.24, 2.45) is 0 Å². The first-order valence-electron chi connectivity index (χ1n) is 6.63. The maximum atomic E-state index is 11.4. The van der Waals surface area contributed by atoms with Crippen LogP contribution in [-0.4, -0.2) is 23.5 Å². The Kier molecular flexibility index (Phi) is 3.09. The van der Waals surface area contributed by atoms with E-state index < -0.39 is 0 Å². The zero-order chi connectivity index (χ0) is 13.5. The van der Waals surface area contributed by atoms with Crippen molar-refractivity contribution in [3.63, 3.8) is 0 Å². The van der Waals surface area contributed by atoms with E-state index in [0.717, 1.165) is 24.3 Å². The van der Waals surface area contributed by atoms with Crippen LogP contribution in [0.2, 0.25) is 0 Å². The van der Waals surface area contributed by atoms with Gasteiger partial charge in [-0.2, -0.15) is 11.8 Å². The van der Waals surface area contributed by atoms with E-state index in [9.17, 15) is 4.79 Å². The predicted octanol–water partition coefficient (Wildman–Crippen LogP) is 2.46. The zero-order valence-electron chi connectivity index (χ0n) is 11.1. The molecule has 1 aromatic carbocycles. The van der Waals surface area contributed by atoms with Crippen molar-refractivity contribution in [3.8, 4) is 0 Å². The maximum Gasteiger partial charge on any atom is 0.224 e. The van der Waals surface area contributed by atoms with Crippen molar-refractivity contribution in [3.05, 3.63) is 17.7 Å². The lowest BCUT2D eigenvalue weighted by Crippen LogP contribution is -2.21. The fourth-order valence-electron chi connectivity index (χ4n) is 2.45. The second-order valence-electron chi connectivity index (χ2n) is 5.39. The van der Waals surface area contributed by atoms with Crippen LogP contribution in [0.5, 0.6) is 0 Å². The van der Waals surface area contributed by atoms with Crippen LogP contribution >= 0.6 is 11.8 Å². The summed E-state index contributed by atoms with van der Waals surface area (Å²) in [5, 5.41) is 6.34. The molecule has 1 amide bonds. The summed E-state index contributed by atoms with van der Waals surface area (Å²) in [6.07, 6.45) is 6.08. The van der Waals surface area contributed by atoms with Crippen molar-refractivity contribution in [2.75, 3.05) is 29.2 Å². The highest BCUT2D eigenvalue weighted by Gasteiger charge is 2.41. The summed E-state index contributed by atoms with van der Waals surface area (Å²) >= 11 is 1.93. The normalized spacial score (nSPS) is 19.5. The Hall–Kier alpha value is -1.36. The highest BCUT2D eigenvalue weighted by Crippen LogP contribution is 2.47. The van der Waals surface area contributed by atoms with Gasteiger partial charge in [-0.05, 0) is 43.2 Å². The van der Waals surface area contributed by atoms with E-state index in [1.807, 2.05) is 17.8 Å². The van der Waals surface area contributed by atoms with Gasteiger partial charge >= 0.3 is 0 Å². The molecule has 1 heterocycles. The smallest absolute Gasteiger partial charge is 0.224 e. The molecule has 1 aliphatic heterocycles. The standard InChI is InChI=1S/C14H19N3OS/c1-19-14(4-5-14)8-16-12-6-9-2-3-13(18)17-11(9)7-10(12)15/h6-7,16H,2-5,8,15H2,1H3,(H,17,18). The van der Waals surface area contributed by atoms with E-state index in [0.29, 0.717) is 16.9 Å². The molecule has 3 rings (SSSR count). The summed E-state index contributed by atoms with van der Waals surface area (Å²) in [5.41, 5.74) is 9.80. The number of nitrogens with one attached hydrogen (secondary N) is 2. The molecule has 102 valence electrons. The fraction of sp³-hybridized carbons (Fsp3) is 0.500. The molecule has 0 bridgehead atoms. The van der Waals surface area contributed by atoms with Gasteiger partial charge in [0.15, 0.2) is 0 Å². The summed E-state index contributed by atoms with van der Waals surface area (Å²) in [4.78, 5) is 11.4. The quantitative estimate of drug-likeness (QED) is 0.740. The molecule has 4 N–H and O–H groups in total. The first-order chi connectivity index (χ1) is 9.12. The van der Waals surface area contributed by atoms with Gasteiger partial charge in [-0.15, -0.1) is 0 Å². The van der Waals surface area contributed by atoms with Crippen LogP contribution in [0.15, 0.2) is 12.1 Å². The first-order valence-corrected chi connectivity index (χ1v) is 7.86. The molecule has 0 unspecified atom stereocenters.